The van der Waals surface area contributed by atoms with Crippen LogP contribution in [0.4, 0.5) is 5.69 Å². The highest BCUT2D eigenvalue weighted by Gasteiger charge is 2.36. The van der Waals surface area contributed by atoms with E-state index in [-0.39, 0.29) is 17.7 Å². The topological polar surface area (TPSA) is 40.6 Å². The molecule has 0 aliphatic carbocycles. The van der Waals surface area contributed by atoms with Gasteiger partial charge in [0.1, 0.15) is 0 Å². The van der Waals surface area contributed by atoms with Crippen LogP contribution in [0.25, 0.3) is 10.8 Å². The summed E-state index contributed by atoms with van der Waals surface area (Å²) in [6, 6.07) is 14.0. The molecule has 0 N–H and O–H groups in total. The van der Waals surface area contributed by atoms with Crippen molar-refractivity contribution in [3.63, 3.8) is 0 Å². The van der Waals surface area contributed by atoms with E-state index >= 15 is 0 Å². The summed E-state index contributed by atoms with van der Waals surface area (Å²) in [5, 5.41) is 2.16. The molecule has 1 aliphatic heterocycles. The molecule has 22 heavy (non-hydrogen) atoms. The van der Waals surface area contributed by atoms with Crippen LogP contribution in [0.3, 0.4) is 0 Å². The second-order valence-electron chi connectivity index (χ2n) is 5.76. The fourth-order valence-electron chi connectivity index (χ4n) is 3.02. The van der Waals surface area contributed by atoms with Crippen molar-refractivity contribution in [3.8, 4) is 0 Å². The summed E-state index contributed by atoms with van der Waals surface area (Å²) >= 11 is 0. The van der Waals surface area contributed by atoms with Crippen molar-refractivity contribution in [2.75, 3.05) is 25.0 Å². The van der Waals surface area contributed by atoms with Gasteiger partial charge in [-0.3, -0.25) is 9.59 Å². The Balaban J connectivity index is 1.92. The van der Waals surface area contributed by atoms with Crippen LogP contribution in [0.15, 0.2) is 42.5 Å². The van der Waals surface area contributed by atoms with Crippen molar-refractivity contribution in [1.29, 1.82) is 0 Å². The molecule has 1 heterocycles. The molecule has 1 aliphatic rings. The largest absolute Gasteiger partial charge is 0.346 e. The zero-order valence-corrected chi connectivity index (χ0v) is 13.0. The van der Waals surface area contributed by atoms with E-state index in [1.807, 2.05) is 49.4 Å². The van der Waals surface area contributed by atoms with E-state index in [0.29, 0.717) is 19.5 Å². The van der Waals surface area contributed by atoms with Gasteiger partial charge < -0.3 is 9.80 Å². The molecule has 0 saturated carbocycles. The molecule has 0 aromatic heterocycles. The van der Waals surface area contributed by atoms with Crippen molar-refractivity contribution < 1.29 is 9.59 Å². The van der Waals surface area contributed by atoms with E-state index in [2.05, 4.69) is 0 Å². The first-order valence-corrected chi connectivity index (χ1v) is 7.65. The van der Waals surface area contributed by atoms with E-state index in [9.17, 15) is 9.59 Å². The van der Waals surface area contributed by atoms with Crippen LogP contribution in [0, 0.1) is 5.92 Å². The highest BCUT2D eigenvalue weighted by Crippen LogP contribution is 2.32. The summed E-state index contributed by atoms with van der Waals surface area (Å²) in [7, 11) is 1.79. The van der Waals surface area contributed by atoms with Gasteiger partial charge in [-0.05, 0) is 18.4 Å². The van der Waals surface area contributed by atoms with Gasteiger partial charge in [-0.15, -0.1) is 0 Å². The number of carbonyl (C=O) groups is 2. The van der Waals surface area contributed by atoms with Crippen molar-refractivity contribution >= 4 is 28.3 Å². The average Bonchev–Trinajstić information content (AvgIpc) is 2.94. The first-order chi connectivity index (χ1) is 10.6. The Kier molecular flexibility index (Phi) is 3.84. The van der Waals surface area contributed by atoms with Crippen molar-refractivity contribution in [1.82, 2.24) is 4.90 Å². The monoisotopic (exact) mass is 296 g/mol. The van der Waals surface area contributed by atoms with Crippen LogP contribution >= 0.6 is 0 Å². The number of fused-ring (bicyclic) bond motifs is 1. The minimum absolute atomic E-state index is 0.0270. The van der Waals surface area contributed by atoms with Crippen LogP contribution in [0.1, 0.15) is 13.3 Å². The van der Waals surface area contributed by atoms with Crippen LogP contribution in [0.5, 0.6) is 0 Å². The quantitative estimate of drug-likeness (QED) is 0.873. The Morgan fingerprint density at radius 2 is 1.95 bits per heavy atom. The molecule has 1 saturated heterocycles. The third-order valence-corrected chi connectivity index (χ3v) is 4.38. The van der Waals surface area contributed by atoms with E-state index in [1.165, 1.54) is 0 Å². The lowest BCUT2D eigenvalue weighted by atomic mass is 10.1. The predicted octanol–water partition coefficient (Wildman–Crippen LogP) is 2.67. The molecular weight excluding hydrogens is 276 g/mol. The molecule has 3 rings (SSSR count). The second-order valence-corrected chi connectivity index (χ2v) is 5.76. The number of rotatable bonds is 3. The first kappa shape index (κ1) is 14.6. The Hall–Kier alpha value is -2.36. The molecule has 4 nitrogen and oxygen atoms in total. The fourth-order valence-corrected chi connectivity index (χ4v) is 3.02. The van der Waals surface area contributed by atoms with Gasteiger partial charge in [0.25, 0.3) is 0 Å². The SMILES string of the molecule is CCN(C)C(=O)C1CC(=O)N(c2cccc3ccccc23)C1. The maximum Gasteiger partial charge on any atom is 0.227 e. The lowest BCUT2D eigenvalue weighted by molar-refractivity contribution is -0.134. The molecular formula is C18H20N2O2. The van der Waals surface area contributed by atoms with E-state index in [0.717, 1.165) is 16.5 Å². The van der Waals surface area contributed by atoms with Gasteiger partial charge >= 0.3 is 0 Å². The second kappa shape index (κ2) is 5.79. The maximum absolute atomic E-state index is 12.4. The van der Waals surface area contributed by atoms with Crippen molar-refractivity contribution in [3.05, 3.63) is 42.5 Å². The smallest absolute Gasteiger partial charge is 0.227 e. The highest BCUT2D eigenvalue weighted by atomic mass is 16.2. The summed E-state index contributed by atoms with van der Waals surface area (Å²) < 4.78 is 0. The highest BCUT2D eigenvalue weighted by molar-refractivity contribution is 6.06. The van der Waals surface area contributed by atoms with E-state index in [4.69, 9.17) is 0 Å². The number of nitrogens with zero attached hydrogens (tertiary/aromatic N) is 2. The standard InChI is InChI=1S/C18H20N2O2/c1-3-19(2)18(22)14-11-17(21)20(12-14)16-10-6-8-13-7-4-5-9-15(13)16/h4-10,14H,3,11-12H2,1-2H3. The third kappa shape index (κ3) is 2.45. The van der Waals surface area contributed by atoms with Gasteiger partial charge in [0.05, 0.1) is 11.6 Å². The predicted molar refractivity (Wildman–Crippen MR) is 87.7 cm³/mol. The summed E-state index contributed by atoms with van der Waals surface area (Å²) in [4.78, 5) is 28.2. The normalized spacial score (nSPS) is 18.0. The number of amides is 2. The molecule has 1 atom stereocenters. The lowest BCUT2D eigenvalue weighted by Gasteiger charge is -2.21. The van der Waals surface area contributed by atoms with Crippen molar-refractivity contribution in [2.45, 2.75) is 13.3 Å². The molecule has 2 amide bonds. The lowest BCUT2D eigenvalue weighted by Crippen LogP contribution is -2.34. The maximum atomic E-state index is 12.4. The first-order valence-electron chi connectivity index (χ1n) is 7.65. The summed E-state index contributed by atoms with van der Waals surface area (Å²) in [6.07, 6.45) is 0.298. The van der Waals surface area contributed by atoms with Gasteiger partial charge in [-0.2, -0.15) is 0 Å². The molecule has 2 aromatic rings. The fraction of sp³-hybridized carbons (Fsp3) is 0.333. The molecule has 0 spiro atoms. The van der Waals surface area contributed by atoms with Gasteiger partial charge in [0, 0.05) is 31.9 Å². The van der Waals surface area contributed by atoms with E-state index < -0.39 is 0 Å². The van der Waals surface area contributed by atoms with Gasteiger partial charge in [0.2, 0.25) is 11.8 Å². The van der Waals surface area contributed by atoms with Crippen LogP contribution < -0.4 is 4.90 Å². The molecule has 1 unspecified atom stereocenters. The molecule has 4 heteroatoms. The summed E-state index contributed by atoms with van der Waals surface area (Å²) in [5.41, 5.74) is 0.901. The zero-order chi connectivity index (χ0) is 15.7. The van der Waals surface area contributed by atoms with Gasteiger partial charge in [0.15, 0.2) is 0 Å². The third-order valence-electron chi connectivity index (χ3n) is 4.38. The van der Waals surface area contributed by atoms with Gasteiger partial charge in [-0.25, -0.2) is 0 Å². The Morgan fingerprint density at radius 3 is 2.73 bits per heavy atom. The number of carbonyl (C=O) groups excluding carboxylic acids is 2. The van der Waals surface area contributed by atoms with Crippen LogP contribution in [0.2, 0.25) is 0 Å². The minimum Gasteiger partial charge on any atom is -0.346 e. The molecule has 1 fully saturated rings. The van der Waals surface area contributed by atoms with Gasteiger partial charge in [-0.1, -0.05) is 36.4 Å². The Morgan fingerprint density at radius 1 is 1.23 bits per heavy atom. The molecule has 2 aromatic carbocycles. The average molecular weight is 296 g/mol. The molecule has 0 bridgehead atoms. The minimum atomic E-state index is -0.239. The molecule has 114 valence electrons. The number of benzene rings is 2. The summed E-state index contributed by atoms with van der Waals surface area (Å²) in [5.74, 6) is -0.158. The Bertz CT molecular complexity index is 721. The Labute approximate surface area is 130 Å². The number of anilines is 1. The zero-order valence-electron chi connectivity index (χ0n) is 13.0. The van der Waals surface area contributed by atoms with E-state index in [1.54, 1.807) is 16.8 Å². The van der Waals surface area contributed by atoms with Crippen LogP contribution in [-0.4, -0.2) is 36.9 Å². The number of hydrogen-bond donors (Lipinski definition) is 0. The van der Waals surface area contributed by atoms with Crippen LogP contribution in [-0.2, 0) is 9.59 Å². The summed E-state index contributed by atoms with van der Waals surface area (Å²) in [6.45, 7) is 3.07. The number of hydrogen-bond acceptors (Lipinski definition) is 2. The molecule has 0 radical (unpaired) electrons. The van der Waals surface area contributed by atoms with Crippen molar-refractivity contribution in [2.24, 2.45) is 5.92 Å².